The summed E-state index contributed by atoms with van der Waals surface area (Å²) in [6, 6.07) is -0.0113. The van der Waals surface area contributed by atoms with Crippen molar-refractivity contribution < 1.29 is 4.79 Å². The number of hydrogen-bond donors (Lipinski definition) is 1. The second kappa shape index (κ2) is 6.19. The van der Waals surface area contributed by atoms with Crippen LogP contribution in [0.4, 0.5) is 0 Å². The van der Waals surface area contributed by atoms with Crippen LogP contribution in [-0.2, 0) is 11.3 Å². The van der Waals surface area contributed by atoms with Crippen LogP contribution in [0.3, 0.4) is 0 Å². The van der Waals surface area contributed by atoms with Crippen molar-refractivity contribution in [2.24, 2.45) is 5.73 Å². The SMILES string of the molecule is CCCN1C(=O)CCCC(N)C1c1cnn(CC)c1. The van der Waals surface area contributed by atoms with Crippen molar-refractivity contribution >= 4 is 5.91 Å². The van der Waals surface area contributed by atoms with Crippen LogP contribution in [0.25, 0.3) is 0 Å². The molecule has 0 saturated carbocycles. The highest BCUT2D eigenvalue weighted by molar-refractivity contribution is 5.77. The summed E-state index contributed by atoms with van der Waals surface area (Å²) in [4.78, 5) is 14.2. The lowest BCUT2D eigenvalue weighted by Gasteiger charge is -2.32. The molecule has 5 heteroatoms. The van der Waals surface area contributed by atoms with E-state index < -0.39 is 0 Å². The molecule has 2 rings (SSSR count). The highest BCUT2D eigenvalue weighted by Crippen LogP contribution is 2.30. The van der Waals surface area contributed by atoms with Crippen molar-refractivity contribution in [1.82, 2.24) is 14.7 Å². The fraction of sp³-hybridized carbons (Fsp3) is 0.714. The van der Waals surface area contributed by atoms with E-state index in [0.717, 1.165) is 37.9 Å². The molecule has 1 aliphatic heterocycles. The normalized spacial score (nSPS) is 24.6. The van der Waals surface area contributed by atoms with Crippen LogP contribution in [-0.4, -0.2) is 33.2 Å². The minimum Gasteiger partial charge on any atom is -0.334 e. The Balaban J connectivity index is 2.31. The first-order chi connectivity index (χ1) is 9.17. The molecule has 5 nitrogen and oxygen atoms in total. The predicted octanol–water partition coefficient (Wildman–Crippen LogP) is 1.69. The Kier molecular flexibility index (Phi) is 4.58. The smallest absolute Gasteiger partial charge is 0.223 e. The highest BCUT2D eigenvalue weighted by atomic mass is 16.2. The van der Waals surface area contributed by atoms with Gasteiger partial charge in [-0.05, 0) is 26.2 Å². The molecule has 2 heterocycles. The van der Waals surface area contributed by atoms with Crippen LogP contribution in [0.1, 0.15) is 51.1 Å². The molecule has 2 N–H and O–H groups in total. The summed E-state index contributed by atoms with van der Waals surface area (Å²) in [5, 5.41) is 4.32. The molecule has 106 valence electrons. The van der Waals surface area contributed by atoms with Gasteiger partial charge in [0.05, 0.1) is 12.2 Å². The number of aromatic nitrogens is 2. The van der Waals surface area contributed by atoms with Gasteiger partial charge < -0.3 is 10.6 Å². The average Bonchev–Trinajstić information content (AvgIpc) is 2.81. The van der Waals surface area contributed by atoms with E-state index in [9.17, 15) is 4.79 Å². The Morgan fingerprint density at radius 1 is 1.47 bits per heavy atom. The number of carbonyl (C=O) groups is 1. The maximum Gasteiger partial charge on any atom is 0.223 e. The number of hydrogen-bond acceptors (Lipinski definition) is 3. The van der Waals surface area contributed by atoms with Gasteiger partial charge in [0.1, 0.15) is 0 Å². The molecule has 1 fully saturated rings. The number of nitrogens with zero attached hydrogens (tertiary/aromatic N) is 3. The van der Waals surface area contributed by atoms with E-state index in [1.165, 1.54) is 0 Å². The molecule has 1 aromatic rings. The third-order valence-corrected chi connectivity index (χ3v) is 3.77. The van der Waals surface area contributed by atoms with E-state index in [2.05, 4.69) is 18.9 Å². The molecule has 19 heavy (non-hydrogen) atoms. The number of rotatable bonds is 4. The standard InChI is InChI=1S/C14H24N4O/c1-3-8-18-13(19)7-5-6-12(15)14(18)11-9-16-17(4-2)10-11/h9-10,12,14H,3-8,15H2,1-2H3. The first-order valence-electron chi connectivity index (χ1n) is 7.24. The number of carbonyl (C=O) groups excluding carboxylic acids is 1. The van der Waals surface area contributed by atoms with Gasteiger partial charge in [0.15, 0.2) is 0 Å². The Morgan fingerprint density at radius 2 is 2.26 bits per heavy atom. The summed E-state index contributed by atoms with van der Waals surface area (Å²) in [6.07, 6.45) is 7.23. The fourth-order valence-electron chi connectivity index (χ4n) is 2.81. The van der Waals surface area contributed by atoms with Gasteiger partial charge in [-0.15, -0.1) is 0 Å². The van der Waals surface area contributed by atoms with E-state index in [0.29, 0.717) is 6.42 Å². The van der Waals surface area contributed by atoms with E-state index >= 15 is 0 Å². The first-order valence-corrected chi connectivity index (χ1v) is 7.24. The van der Waals surface area contributed by atoms with Crippen molar-refractivity contribution in [3.05, 3.63) is 18.0 Å². The van der Waals surface area contributed by atoms with Crippen LogP contribution in [0, 0.1) is 0 Å². The van der Waals surface area contributed by atoms with E-state index in [-0.39, 0.29) is 18.0 Å². The Hall–Kier alpha value is -1.36. The molecule has 1 amide bonds. The zero-order valence-electron chi connectivity index (χ0n) is 11.9. The van der Waals surface area contributed by atoms with Gasteiger partial charge in [-0.2, -0.15) is 5.10 Å². The van der Waals surface area contributed by atoms with Crippen molar-refractivity contribution in [2.45, 2.75) is 58.2 Å². The molecule has 1 aromatic heterocycles. The molecular weight excluding hydrogens is 240 g/mol. The monoisotopic (exact) mass is 264 g/mol. The van der Waals surface area contributed by atoms with Gasteiger partial charge in [-0.3, -0.25) is 9.48 Å². The molecule has 0 aromatic carbocycles. The molecule has 0 bridgehead atoms. The van der Waals surface area contributed by atoms with Gasteiger partial charge in [-0.1, -0.05) is 6.92 Å². The molecular formula is C14H24N4O. The van der Waals surface area contributed by atoms with Crippen molar-refractivity contribution in [3.8, 4) is 0 Å². The van der Waals surface area contributed by atoms with Crippen molar-refractivity contribution in [2.75, 3.05) is 6.54 Å². The lowest BCUT2D eigenvalue weighted by atomic mass is 9.99. The van der Waals surface area contributed by atoms with E-state index in [4.69, 9.17) is 5.73 Å². The number of likely N-dealkylation sites (tertiary alicyclic amines) is 1. The summed E-state index contributed by atoms with van der Waals surface area (Å²) in [5.41, 5.74) is 7.38. The maximum atomic E-state index is 12.3. The minimum atomic E-state index is -0.0183. The molecule has 1 saturated heterocycles. The topological polar surface area (TPSA) is 64.2 Å². The van der Waals surface area contributed by atoms with E-state index in [1.54, 1.807) is 0 Å². The lowest BCUT2D eigenvalue weighted by Crippen LogP contribution is -2.42. The van der Waals surface area contributed by atoms with Crippen molar-refractivity contribution in [1.29, 1.82) is 0 Å². The Labute approximate surface area is 114 Å². The van der Waals surface area contributed by atoms with Gasteiger partial charge in [0.25, 0.3) is 0 Å². The predicted molar refractivity (Wildman–Crippen MR) is 74.5 cm³/mol. The van der Waals surface area contributed by atoms with Crippen LogP contribution >= 0.6 is 0 Å². The molecule has 0 spiro atoms. The summed E-state index contributed by atoms with van der Waals surface area (Å²) in [6.45, 7) is 5.76. The molecule has 1 aliphatic rings. The number of aryl methyl sites for hydroxylation is 1. The molecule has 2 unspecified atom stereocenters. The molecule has 0 aliphatic carbocycles. The van der Waals surface area contributed by atoms with Crippen LogP contribution in [0.15, 0.2) is 12.4 Å². The average molecular weight is 264 g/mol. The lowest BCUT2D eigenvalue weighted by molar-refractivity contribution is -0.133. The van der Waals surface area contributed by atoms with Crippen molar-refractivity contribution in [3.63, 3.8) is 0 Å². The highest BCUT2D eigenvalue weighted by Gasteiger charge is 2.32. The summed E-state index contributed by atoms with van der Waals surface area (Å²) < 4.78 is 1.89. The van der Waals surface area contributed by atoms with Gasteiger partial charge in [-0.25, -0.2) is 0 Å². The third kappa shape index (κ3) is 2.97. The van der Waals surface area contributed by atoms with Gasteiger partial charge >= 0.3 is 0 Å². The summed E-state index contributed by atoms with van der Waals surface area (Å²) in [7, 11) is 0. The number of nitrogens with two attached hydrogens (primary N) is 1. The third-order valence-electron chi connectivity index (χ3n) is 3.77. The largest absolute Gasteiger partial charge is 0.334 e. The van der Waals surface area contributed by atoms with Crippen LogP contribution < -0.4 is 5.73 Å². The zero-order chi connectivity index (χ0) is 13.8. The zero-order valence-corrected chi connectivity index (χ0v) is 11.9. The second-order valence-corrected chi connectivity index (χ2v) is 5.22. The Bertz CT molecular complexity index is 429. The minimum absolute atomic E-state index is 0.00695. The van der Waals surface area contributed by atoms with Crippen LogP contribution in [0.2, 0.25) is 0 Å². The van der Waals surface area contributed by atoms with Gasteiger partial charge in [0.2, 0.25) is 5.91 Å². The summed E-state index contributed by atoms with van der Waals surface area (Å²) in [5.74, 6) is 0.226. The van der Waals surface area contributed by atoms with Crippen LogP contribution in [0.5, 0.6) is 0 Å². The van der Waals surface area contributed by atoms with E-state index in [1.807, 2.05) is 22.0 Å². The maximum absolute atomic E-state index is 12.3. The van der Waals surface area contributed by atoms with Gasteiger partial charge in [0, 0.05) is 37.3 Å². The summed E-state index contributed by atoms with van der Waals surface area (Å²) >= 11 is 0. The molecule has 0 radical (unpaired) electrons. The first kappa shape index (κ1) is 14.1. The second-order valence-electron chi connectivity index (χ2n) is 5.22. The number of amides is 1. The molecule has 2 atom stereocenters. The fourth-order valence-corrected chi connectivity index (χ4v) is 2.81. The quantitative estimate of drug-likeness (QED) is 0.900. The Morgan fingerprint density at radius 3 is 2.89 bits per heavy atom.